The number of likely N-dealkylation sites (N-methyl/N-ethyl adjacent to an activating group) is 1. The third-order valence-electron chi connectivity index (χ3n) is 2.86. The van der Waals surface area contributed by atoms with E-state index in [1.165, 1.54) is 47.4 Å². The van der Waals surface area contributed by atoms with Crippen molar-refractivity contribution in [2.45, 2.75) is 6.92 Å². The molecule has 1 aromatic carbocycles. The summed E-state index contributed by atoms with van der Waals surface area (Å²) in [5.41, 5.74) is 0.267. The first kappa shape index (κ1) is 16.9. The van der Waals surface area contributed by atoms with Crippen LogP contribution >= 0.6 is 11.3 Å². The Balaban J connectivity index is 1.83. The summed E-state index contributed by atoms with van der Waals surface area (Å²) in [6.45, 7) is 2.00. The molecule has 122 valence electrons. The zero-order valence-corrected chi connectivity index (χ0v) is 13.5. The van der Waals surface area contributed by atoms with Crippen molar-refractivity contribution in [3.05, 3.63) is 41.2 Å². The molecule has 0 spiro atoms. The summed E-state index contributed by atoms with van der Waals surface area (Å²) in [7, 11) is 1.63. The van der Waals surface area contributed by atoms with Crippen LogP contribution in [0.2, 0.25) is 0 Å². The van der Waals surface area contributed by atoms with Crippen molar-refractivity contribution in [1.29, 1.82) is 0 Å². The normalized spacial score (nSPS) is 10.2. The van der Waals surface area contributed by atoms with Crippen LogP contribution in [0.1, 0.15) is 17.4 Å². The average Bonchev–Trinajstić information content (AvgIpc) is 2.96. The standard InChI is InChI=1S/C15H16FN3O3S/c1-10(20)17-15-18-13(9-23-15)14(21)19(2)7-8-22-12-5-3-11(16)4-6-12/h3-6,9H,7-8H2,1-2H3,(H,17,18,20). The van der Waals surface area contributed by atoms with Gasteiger partial charge in [-0.25, -0.2) is 9.37 Å². The van der Waals surface area contributed by atoms with Crippen molar-refractivity contribution in [2.24, 2.45) is 0 Å². The maximum absolute atomic E-state index is 12.8. The second-order valence-corrected chi connectivity index (χ2v) is 5.61. The highest BCUT2D eigenvalue weighted by atomic mass is 32.1. The van der Waals surface area contributed by atoms with Crippen molar-refractivity contribution in [3.8, 4) is 5.75 Å². The summed E-state index contributed by atoms with van der Waals surface area (Å²) < 4.78 is 18.2. The number of hydrogen-bond acceptors (Lipinski definition) is 5. The maximum Gasteiger partial charge on any atom is 0.273 e. The van der Waals surface area contributed by atoms with E-state index in [2.05, 4.69) is 10.3 Å². The minimum Gasteiger partial charge on any atom is -0.492 e. The van der Waals surface area contributed by atoms with Crippen LogP contribution in [0.15, 0.2) is 29.6 Å². The summed E-state index contributed by atoms with van der Waals surface area (Å²) in [5, 5.41) is 4.50. The Kier molecular flexibility index (Phi) is 5.64. The van der Waals surface area contributed by atoms with E-state index < -0.39 is 0 Å². The van der Waals surface area contributed by atoms with Gasteiger partial charge >= 0.3 is 0 Å². The molecule has 0 aliphatic heterocycles. The number of halogens is 1. The Morgan fingerprint density at radius 2 is 2.04 bits per heavy atom. The fourth-order valence-electron chi connectivity index (χ4n) is 1.71. The van der Waals surface area contributed by atoms with Gasteiger partial charge in [0, 0.05) is 19.4 Å². The Hall–Kier alpha value is -2.48. The number of carbonyl (C=O) groups is 2. The van der Waals surface area contributed by atoms with Gasteiger partial charge in [-0.15, -0.1) is 11.3 Å². The summed E-state index contributed by atoms with van der Waals surface area (Å²) in [6.07, 6.45) is 0. The first-order valence-corrected chi connectivity index (χ1v) is 7.70. The molecule has 8 heteroatoms. The van der Waals surface area contributed by atoms with Crippen molar-refractivity contribution in [3.63, 3.8) is 0 Å². The molecule has 2 rings (SSSR count). The molecule has 0 aliphatic carbocycles. The lowest BCUT2D eigenvalue weighted by Gasteiger charge is -2.16. The van der Waals surface area contributed by atoms with Crippen LogP contribution < -0.4 is 10.1 Å². The number of carbonyl (C=O) groups excluding carboxylic acids is 2. The lowest BCUT2D eigenvalue weighted by molar-refractivity contribution is -0.114. The van der Waals surface area contributed by atoms with E-state index in [0.29, 0.717) is 17.4 Å². The second-order valence-electron chi connectivity index (χ2n) is 4.75. The van der Waals surface area contributed by atoms with Gasteiger partial charge in [0.05, 0.1) is 6.54 Å². The molecular weight excluding hydrogens is 321 g/mol. The molecule has 0 unspecified atom stereocenters. The zero-order chi connectivity index (χ0) is 16.8. The minimum atomic E-state index is -0.330. The predicted molar refractivity (Wildman–Crippen MR) is 85.3 cm³/mol. The van der Waals surface area contributed by atoms with Crippen LogP contribution in [-0.4, -0.2) is 41.9 Å². The quantitative estimate of drug-likeness (QED) is 0.878. The highest BCUT2D eigenvalue weighted by molar-refractivity contribution is 7.14. The third kappa shape index (κ3) is 5.03. The lowest BCUT2D eigenvalue weighted by atomic mass is 10.3. The molecule has 2 aromatic rings. The van der Waals surface area contributed by atoms with Crippen molar-refractivity contribution < 1.29 is 18.7 Å². The van der Waals surface area contributed by atoms with E-state index in [1.807, 2.05) is 0 Å². The molecule has 0 fully saturated rings. The largest absolute Gasteiger partial charge is 0.492 e. The van der Waals surface area contributed by atoms with Gasteiger partial charge in [0.15, 0.2) is 5.13 Å². The van der Waals surface area contributed by atoms with E-state index >= 15 is 0 Å². The zero-order valence-electron chi connectivity index (χ0n) is 12.7. The van der Waals surface area contributed by atoms with E-state index in [4.69, 9.17) is 4.74 Å². The Morgan fingerprint density at radius 3 is 2.70 bits per heavy atom. The van der Waals surface area contributed by atoms with Crippen molar-refractivity contribution in [1.82, 2.24) is 9.88 Å². The fourth-order valence-corrected chi connectivity index (χ4v) is 2.44. The highest BCUT2D eigenvalue weighted by Gasteiger charge is 2.15. The molecule has 0 bridgehead atoms. The van der Waals surface area contributed by atoms with E-state index in [-0.39, 0.29) is 29.9 Å². The Morgan fingerprint density at radius 1 is 1.35 bits per heavy atom. The van der Waals surface area contributed by atoms with E-state index in [9.17, 15) is 14.0 Å². The number of nitrogens with one attached hydrogen (secondary N) is 1. The first-order chi connectivity index (χ1) is 11.0. The number of nitrogens with zero attached hydrogens (tertiary/aromatic N) is 2. The number of hydrogen-bond donors (Lipinski definition) is 1. The van der Waals surface area contributed by atoms with Crippen LogP contribution in [0.5, 0.6) is 5.75 Å². The predicted octanol–water partition coefficient (Wildman–Crippen LogP) is 2.39. The topological polar surface area (TPSA) is 71.5 Å². The number of amides is 2. The molecule has 1 heterocycles. The molecule has 6 nitrogen and oxygen atoms in total. The molecular formula is C15H16FN3O3S. The monoisotopic (exact) mass is 337 g/mol. The summed E-state index contributed by atoms with van der Waals surface area (Å²) >= 11 is 1.19. The van der Waals surface area contributed by atoms with Gasteiger partial charge in [-0.1, -0.05) is 0 Å². The molecule has 0 saturated heterocycles. The van der Waals surface area contributed by atoms with Gasteiger partial charge in [-0.05, 0) is 24.3 Å². The van der Waals surface area contributed by atoms with E-state index in [0.717, 1.165) is 0 Å². The number of thiazole rings is 1. The van der Waals surface area contributed by atoms with Gasteiger partial charge in [0.25, 0.3) is 5.91 Å². The second kappa shape index (κ2) is 7.68. The summed E-state index contributed by atoms with van der Waals surface area (Å²) in [6, 6.07) is 5.67. The van der Waals surface area contributed by atoms with Crippen LogP contribution in [-0.2, 0) is 4.79 Å². The molecule has 0 radical (unpaired) electrons. The molecule has 1 aromatic heterocycles. The number of rotatable bonds is 6. The van der Waals surface area contributed by atoms with Gasteiger partial charge in [0.1, 0.15) is 23.9 Å². The molecule has 2 amide bonds. The molecule has 1 N–H and O–H groups in total. The SMILES string of the molecule is CC(=O)Nc1nc(C(=O)N(C)CCOc2ccc(F)cc2)cs1. The maximum atomic E-state index is 12.8. The van der Waals surface area contributed by atoms with E-state index in [1.54, 1.807) is 12.4 Å². The van der Waals surface area contributed by atoms with Gasteiger partial charge in [-0.3, -0.25) is 9.59 Å². The number of benzene rings is 1. The van der Waals surface area contributed by atoms with Crippen molar-refractivity contribution in [2.75, 3.05) is 25.5 Å². The number of ether oxygens (including phenoxy) is 1. The lowest BCUT2D eigenvalue weighted by Crippen LogP contribution is -2.31. The molecule has 23 heavy (non-hydrogen) atoms. The fraction of sp³-hybridized carbons (Fsp3) is 0.267. The van der Waals surface area contributed by atoms with Crippen LogP contribution in [0, 0.1) is 5.82 Å². The average molecular weight is 337 g/mol. The molecule has 0 aliphatic rings. The van der Waals surface area contributed by atoms with Gasteiger partial charge in [-0.2, -0.15) is 0 Å². The minimum absolute atomic E-state index is 0.237. The number of aromatic nitrogens is 1. The molecule has 0 atom stereocenters. The van der Waals surface area contributed by atoms with Gasteiger partial charge < -0.3 is 15.0 Å². The van der Waals surface area contributed by atoms with Crippen LogP contribution in [0.3, 0.4) is 0 Å². The van der Waals surface area contributed by atoms with Crippen LogP contribution in [0.4, 0.5) is 9.52 Å². The summed E-state index contributed by atoms with van der Waals surface area (Å²) in [5.74, 6) is -0.294. The third-order valence-corrected chi connectivity index (χ3v) is 3.62. The summed E-state index contributed by atoms with van der Waals surface area (Å²) in [4.78, 5) is 28.7. The Labute approximate surface area is 136 Å². The van der Waals surface area contributed by atoms with Crippen LogP contribution in [0.25, 0.3) is 0 Å². The Bertz CT molecular complexity index is 688. The molecule has 0 saturated carbocycles. The number of anilines is 1. The first-order valence-electron chi connectivity index (χ1n) is 6.82. The highest BCUT2D eigenvalue weighted by Crippen LogP contribution is 2.16. The van der Waals surface area contributed by atoms with Gasteiger partial charge in [0.2, 0.25) is 5.91 Å². The smallest absolute Gasteiger partial charge is 0.273 e. The van der Waals surface area contributed by atoms with Crippen molar-refractivity contribution >= 4 is 28.3 Å².